The Kier molecular flexibility index (Phi) is 4.90. The molecule has 0 saturated heterocycles. The highest BCUT2D eigenvalue weighted by Crippen LogP contribution is 2.47. The third-order valence-electron chi connectivity index (χ3n) is 4.82. The fourth-order valence-electron chi connectivity index (χ4n) is 3.16. The van der Waals surface area contributed by atoms with Gasteiger partial charge in [0.1, 0.15) is 0 Å². The number of benzene rings is 1. The number of hydrogen-bond acceptors (Lipinski definition) is 1. The van der Waals surface area contributed by atoms with Gasteiger partial charge in [0, 0.05) is 6.54 Å². The fraction of sp³-hybridized carbons (Fsp3) is 0.684. The van der Waals surface area contributed by atoms with Crippen LogP contribution in [0.2, 0.25) is 0 Å². The predicted octanol–water partition coefficient (Wildman–Crippen LogP) is 4.51. The first-order valence-electron chi connectivity index (χ1n) is 8.17. The SMILES string of the molecule is Cc1ccc(CC(C)(CNCC(C)C)C2CC2)cc1C. The van der Waals surface area contributed by atoms with E-state index in [1.807, 2.05) is 0 Å². The van der Waals surface area contributed by atoms with Crippen LogP contribution in [0.5, 0.6) is 0 Å². The van der Waals surface area contributed by atoms with Crippen molar-refractivity contribution in [2.24, 2.45) is 17.3 Å². The van der Waals surface area contributed by atoms with Gasteiger partial charge in [-0.3, -0.25) is 0 Å². The van der Waals surface area contributed by atoms with E-state index in [0.29, 0.717) is 5.41 Å². The lowest BCUT2D eigenvalue weighted by Crippen LogP contribution is -2.37. The van der Waals surface area contributed by atoms with E-state index < -0.39 is 0 Å². The first-order valence-corrected chi connectivity index (χ1v) is 8.17. The summed E-state index contributed by atoms with van der Waals surface area (Å²) in [5.41, 5.74) is 4.76. The molecule has 0 aliphatic heterocycles. The number of aryl methyl sites for hydroxylation is 2. The van der Waals surface area contributed by atoms with Gasteiger partial charge in [-0.1, -0.05) is 39.0 Å². The minimum Gasteiger partial charge on any atom is -0.316 e. The standard InChI is InChI=1S/C19H31N/c1-14(2)12-20-13-19(5,18-8-9-18)11-17-7-6-15(3)16(4)10-17/h6-7,10,14,18,20H,8-9,11-13H2,1-5H3. The van der Waals surface area contributed by atoms with Crippen molar-refractivity contribution in [3.63, 3.8) is 0 Å². The van der Waals surface area contributed by atoms with Crippen molar-refractivity contribution >= 4 is 0 Å². The summed E-state index contributed by atoms with van der Waals surface area (Å²) in [6, 6.07) is 6.99. The van der Waals surface area contributed by atoms with Gasteiger partial charge in [-0.2, -0.15) is 0 Å². The lowest BCUT2D eigenvalue weighted by Gasteiger charge is -2.31. The first-order chi connectivity index (χ1) is 9.40. The van der Waals surface area contributed by atoms with Crippen molar-refractivity contribution in [1.29, 1.82) is 0 Å². The average molecular weight is 273 g/mol. The maximum atomic E-state index is 3.69. The summed E-state index contributed by atoms with van der Waals surface area (Å²) in [5.74, 6) is 1.66. The van der Waals surface area contributed by atoms with Crippen LogP contribution < -0.4 is 5.32 Å². The third kappa shape index (κ3) is 4.09. The Morgan fingerprint density at radius 2 is 1.90 bits per heavy atom. The summed E-state index contributed by atoms with van der Waals surface area (Å²) in [4.78, 5) is 0. The Labute approximate surface area is 125 Å². The quantitative estimate of drug-likeness (QED) is 0.771. The lowest BCUT2D eigenvalue weighted by molar-refractivity contribution is 0.252. The molecule has 0 spiro atoms. The van der Waals surface area contributed by atoms with Gasteiger partial charge in [-0.05, 0) is 73.6 Å². The zero-order chi connectivity index (χ0) is 14.8. The molecule has 1 heteroatoms. The second kappa shape index (κ2) is 6.30. The molecule has 0 heterocycles. The molecule has 1 aromatic carbocycles. The molecule has 0 radical (unpaired) electrons. The molecular weight excluding hydrogens is 242 g/mol. The topological polar surface area (TPSA) is 12.0 Å². The molecule has 1 aliphatic carbocycles. The smallest absolute Gasteiger partial charge is 0.00111 e. The first kappa shape index (κ1) is 15.6. The van der Waals surface area contributed by atoms with Crippen molar-refractivity contribution in [3.8, 4) is 0 Å². The van der Waals surface area contributed by atoms with E-state index in [1.54, 1.807) is 0 Å². The highest BCUT2D eigenvalue weighted by molar-refractivity contribution is 5.30. The van der Waals surface area contributed by atoms with E-state index in [-0.39, 0.29) is 0 Å². The predicted molar refractivity (Wildman–Crippen MR) is 88.2 cm³/mol. The number of rotatable bonds is 7. The van der Waals surface area contributed by atoms with Crippen LogP contribution >= 0.6 is 0 Å². The molecule has 1 aliphatic rings. The fourth-order valence-corrected chi connectivity index (χ4v) is 3.16. The molecule has 20 heavy (non-hydrogen) atoms. The highest BCUT2D eigenvalue weighted by Gasteiger charge is 2.41. The average Bonchev–Trinajstić information content (AvgIpc) is 3.18. The van der Waals surface area contributed by atoms with Gasteiger partial charge in [-0.25, -0.2) is 0 Å². The van der Waals surface area contributed by atoms with Crippen molar-refractivity contribution in [1.82, 2.24) is 5.32 Å². The van der Waals surface area contributed by atoms with Gasteiger partial charge in [-0.15, -0.1) is 0 Å². The monoisotopic (exact) mass is 273 g/mol. The van der Waals surface area contributed by atoms with Gasteiger partial charge < -0.3 is 5.32 Å². The Balaban J connectivity index is 2.02. The molecule has 112 valence electrons. The second-order valence-corrected chi connectivity index (χ2v) is 7.55. The summed E-state index contributed by atoms with van der Waals surface area (Å²) in [6.07, 6.45) is 4.05. The van der Waals surface area contributed by atoms with Gasteiger partial charge in [0.2, 0.25) is 0 Å². The summed E-state index contributed by atoms with van der Waals surface area (Å²) in [6.45, 7) is 13.8. The zero-order valence-corrected chi connectivity index (χ0v) is 13.9. The van der Waals surface area contributed by atoms with E-state index in [4.69, 9.17) is 0 Å². The van der Waals surface area contributed by atoms with E-state index in [2.05, 4.69) is 58.1 Å². The maximum absolute atomic E-state index is 3.69. The van der Waals surface area contributed by atoms with E-state index in [0.717, 1.165) is 24.9 Å². The molecule has 0 amide bonds. The summed E-state index contributed by atoms with van der Waals surface area (Å²) < 4.78 is 0. The Bertz CT molecular complexity index is 445. The normalized spacial score (nSPS) is 18.3. The van der Waals surface area contributed by atoms with Gasteiger partial charge in [0.15, 0.2) is 0 Å². The van der Waals surface area contributed by atoms with Crippen LogP contribution in [0.4, 0.5) is 0 Å². The Morgan fingerprint density at radius 1 is 1.20 bits per heavy atom. The largest absolute Gasteiger partial charge is 0.316 e. The molecule has 1 N–H and O–H groups in total. The van der Waals surface area contributed by atoms with E-state index in [1.165, 1.54) is 36.0 Å². The van der Waals surface area contributed by atoms with Crippen LogP contribution in [0, 0.1) is 31.1 Å². The lowest BCUT2D eigenvalue weighted by atomic mass is 9.78. The minimum atomic E-state index is 0.427. The van der Waals surface area contributed by atoms with Crippen LogP contribution in [-0.4, -0.2) is 13.1 Å². The molecule has 1 unspecified atom stereocenters. The van der Waals surface area contributed by atoms with Crippen molar-refractivity contribution in [2.75, 3.05) is 13.1 Å². The van der Waals surface area contributed by atoms with Crippen molar-refractivity contribution in [2.45, 2.75) is 53.9 Å². The second-order valence-electron chi connectivity index (χ2n) is 7.55. The van der Waals surface area contributed by atoms with Gasteiger partial charge >= 0.3 is 0 Å². The molecule has 1 fully saturated rings. The van der Waals surface area contributed by atoms with Gasteiger partial charge in [0.25, 0.3) is 0 Å². The van der Waals surface area contributed by atoms with Crippen LogP contribution in [0.1, 0.15) is 50.3 Å². The van der Waals surface area contributed by atoms with Crippen LogP contribution in [0.15, 0.2) is 18.2 Å². The molecule has 1 atom stereocenters. The molecule has 0 aromatic heterocycles. The van der Waals surface area contributed by atoms with Crippen LogP contribution in [0.25, 0.3) is 0 Å². The van der Waals surface area contributed by atoms with Gasteiger partial charge in [0.05, 0.1) is 0 Å². The molecule has 0 bridgehead atoms. The molecule has 1 aromatic rings. The molecule has 1 nitrogen and oxygen atoms in total. The van der Waals surface area contributed by atoms with Crippen molar-refractivity contribution < 1.29 is 0 Å². The number of hydrogen-bond donors (Lipinski definition) is 1. The van der Waals surface area contributed by atoms with E-state index in [9.17, 15) is 0 Å². The molecule has 1 saturated carbocycles. The Morgan fingerprint density at radius 3 is 2.45 bits per heavy atom. The van der Waals surface area contributed by atoms with Crippen LogP contribution in [-0.2, 0) is 6.42 Å². The maximum Gasteiger partial charge on any atom is 0.00111 e. The third-order valence-corrected chi connectivity index (χ3v) is 4.82. The minimum absolute atomic E-state index is 0.427. The summed E-state index contributed by atoms with van der Waals surface area (Å²) >= 11 is 0. The highest BCUT2D eigenvalue weighted by atomic mass is 14.9. The summed E-state index contributed by atoms with van der Waals surface area (Å²) in [7, 11) is 0. The van der Waals surface area contributed by atoms with Crippen LogP contribution in [0.3, 0.4) is 0 Å². The van der Waals surface area contributed by atoms with Crippen molar-refractivity contribution in [3.05, 3.63) is 34.9 Å². The summed E-state index contributed by atoms with van der Waals surface area (Å²) in [5, 5.41) is 3.69. The Hall–Kier alpha value is -0.820. The van der Waals surface area contributed by atoms with E-state index >= 15 is 0 Å². The zero-order valence-electron chi connectivity index (χ0n) is 13.9. The number of nitrogens with one attached hydrogen (secondary N) is 1. The molecular formula is C19H31N. The molecule has 2 rings (SSSR count).